The van der Waals surface area contributed by atoms with Crippen LogP contribution in [-0.2, 0) is 16.1 Å². The van der Waals surface area contributed by atoms with Crippen LogP contribution in [-0.4, -0.2) is 66.5 Å². The third-order valence-electron chi connectivity index (χ3n) is 3.53. The molecular weight excluding hydrogens is 300 g/mol. The zero-order valence-corrected chi connectivity index (χ0v) is 13.0. The Morgan fingerprint density at radius 1 is 1.30 bits per heavy atom. The molecule has 1 aromatic carbocycles. The van der Waals surface area contributed by atoms with Crippen molar-refractivity contribution < 1.29 is 24.2 Å². The van der Waals surface area contributed by atoms with E-state index in [4.69, 9.17) is 14.6 Å². The maximum atomic E-state index is 12.1. The summed E-state index contributed by atoms with van der Waals surface area (Å²) in [6.07, 6.45) is -0.174. The highest BCUT2D eigenvalue weighted by atomic mass is 16.6. The van der Waals surface area contributed by atoms with Gasteiger partial charge in [-0.3, -0.25) is 0 Å². The van der Waals surface area contributed by atoms with Crippen molar-refractivity contribution in [2.75, 3.05) is 39.4 Å². The minimum absolute atomic E-state index is 0.133. The van der Waals surface area contributed by atoms with Crippen LogP contribution in [0.5, 0.6) is 0 Å². The second-order valence-corrected chi connectivity index (χ2v) is 5.21. The van der Waals surface area contributed by atoms with Gasteiger partial charge >= 0.3 is 12.2 Å². The third kappa shape index (κ3) is 5.45. The molecule has 23 heavy (non-hydrogen) atoms. The molecule has 0 aromatic heterocycles. The number of ether oxygens (including phenoxy) is 2. The van der Waals surface area contributed by atoms with Crippen LogP contribution in [0.15, 0.2) is 30.3 Å². The molecule has 1 heterocycles. The summed E-state index contributed by atoms with van der Waals surface area (Å²) < 4.78 is 10.1. The average molecular weight is 322 g/mol. The highest BCUT2D eigenvalue weighted by molar-refractivity contribution is 5.69. The molecule has 7 heteroatoms. The van der Waals surface area contributed by atoms with Gasteiger partial charge in [-0.25, -0.2) is 9.59 Å². The normalized spacial score (nSPS) is 13.8. The minimum Gasteiger partial charge on any atom is -0.448 e. The molecule has 0 aliphatic carbocycles. The summed E-state index contributed by atoms with van der Waals surface area (Å²) in [4.78, 5) is 26.5. The first-order valence-corrected chi connectivity index (χ1v) is 7.69. The first-order valence-electron chi connectivity index (χ1n) is 7.69. The molecule has 0 saturated carbocycles. The first kappa shape index (κ1) is 17.1. The van der Waals surface area contributed by atoms with E-state index in [0.717, 1.165) is 5.56 Å². The van der Waals surface area contributed by atoms with Crippen molar-refractivity contribution in [2.24, 2.45) is 0 Å². The zero-order valence-electron chi connectivity index (χ0n) is 13.0. The van der Waals surface area contributed by atoms with Gasteiger partial charge in [-0.15, -0.1) is 0 Å². The molecule has 1 saturated heterocycles. The molecule has 0 atom stereocenters. The smallest absolute Gasteiger partial charge is 0.410 e. The van der Waals surface area contributed by atoms with Crippen LogP contribution >= 0.6 is 0 Å². The van der Waals surface area contributed by atoms with Crippen molar-refractivity contribution in [1.82, 2.24) is 9.80 Å². The third-order valence-corrected chi connectivity index (χ3v) is 3.53. The lowest BCUT2D eigenvalue weighted by atomic mass is 10.2. The molecule has 126 valence electrons. The van der Waals surface area contributed by atoms with E-state index in [-0.39, 0.29) is 25.9 Å². The molecule has 2 amide bonds. The number of nitrogens with zero attached hydrogens (tertiary/aromatic N) is 2. The van der Waals surface area contributed by atoms with Gasteiger partial charge < -0.3 is 24.4 Å². The Kier molecular flexibility index (Phi) is 6.68. The van der Waals surface area contributed by atoms with Gasteiger partial charge in [0, 0.05) is 19.6 Å². The fourth-order valence-corrected chi connectivity index (χ4v) is 2.31. The topological polar surface area (TPSA) is 79.3 Å². The molecule has 1 aliphatic rings. The SMILES string of the molecule is O=C1OCCN1CCCN(CCO)C(=O)OCc1ccccc1. The number of hydrogen-bond donors (Lipinski definition) is 1. The second-order valence-electron chi connectivity index (χ2n) is 5.21. The number of aliphatic hydroxyl groups is 1. The monoisotopic (exact) mass is 322 g/mol. The van der Waals surface area contributed by atoms with Crippen LogP contribution in [0.25, 0.3) is 0 Å². The summed E-state index contributed by atoms with van der Waals surface area (Å²) in [5.41, 5.74) is 0.907. The van der Waals surface area contributed by atoms with Crippen LogP contribution in [0.3, 0.4) is 0 Å². The summed E-state index contributed by atoms with van der Waals surface area (Å²) >= 11 is 0. The van der Waals surface area contributed by atoms with E-state index in [1.807, 2.05) is 30.3 Å². The van der Waals surface area contributed by atoms with Crippen molar-refractivity contribution in [2.45, 2.75) is 13.0 Å². The van der Waals surface area contributed by atoms with Crippen LogP contribution < -0.4 is 0 Å². The number of benzene rings is 1. The van der Waals surface area contributed by atoms with Crippen molar-refractivity contribution in [3.8, 4) is 0 Å². The molecule has 0 spiro atoms. The van der Waals surface area contributed by atoms with E-state index < -0.39 is 6.09 Å². The Morgan fingerprint density at radius 2 is 2.09 bits per heavy atom. The zero-order chi connectivity index (χ0) is 16.5. The molecule has 0 radical (unpaired) electrons. The lowest BCUT2D eigenvalue weighted by Crippen LogP contribution is -2.36. The van der Waals surface area contributed by atoms with Gasteiger partial charge in [-0.2, -0.15) is 0 Å². The number of amides is 2. The number of hydrogen-bond acceptors (Lipinski definition) is 5. The number of rotatable bonds is 8. The summed E-state index contributed by atoms with van der Waals surface area (Å²) in [5.74, 6) is 0. The molecular formula is C16H22N2O5. The molecule has 0 unspecified atom stereocenters. The predicted octanol–water partition coefficient (Wildman–Crippen LogP) is 1.46. The Balaban J connectivity index is 1.75. The fourth-order valence-electron chi connectivity index (χ4n) is 2.31. The summed E-state index contributed by atoms with van der Waals surface area (Å²) in [7, 11) is 0. The molecule has 1 N–H and O–H groups in total. The first-order chi connectivity index (χ1) is 11.2. The molecule has 1 aromatic rings. The van der Waals surface area contributed by atoms with Gasteiger partial charge in [0.25, 0.3) is 0 Å². The van der Waals surface area contributed by atoms with Gasteiger partial charge in [0.1, 0.15) is 13.2 Å². The highest BCUT2D eigenvalue weighted by Gasteiger charge is 2.22. The summed E-state index contributed by atoms with van der Waals surface area (Å²) in [6, 6.07) is 9.41. The standard InChI is InChI=1S/C16H22N2O5/c19-11-9-17(7-4-8-18-10-12-22-15(18)20)16(21)23-13-14-5-2-1-3-6-14/h1-3,5-6,19H,4,7-13H2. The maximum Gasteiger partial charge on any atom is 0.410 e. The van der Waals surface area contributed by atoms with Gasteiger partial charge in [-0.1, -0.05) is 30.3 Å². The van der Waals surface area contributed by atoms with Crippen molar-refractivity contribution in [1.29, 1.82) is 0 Å². The molecule has 2 rings (SSSR count). The molecule has 0 bridgehead atoms. The molecule has 1 aliphatic heterocycles. The van der Waals surface area contributed by atoms with Crippen molar-refractivity contribution in [3.63, 3.8) is 0 Å². The van der Waals surface area contributed by atoms with Crippen LogP contribution in [0.1, 0.15) is 12.0 Å². The largest absolute Gasteiger partial charge is 0.448 e. The Hall–Kier alpha value is -2.28. The highest BCUT2D eigenvalue weighted by Crippen LogP contribution is 2.06. The Labute approximate surface area is 135 Å². The van der Waals surface area contributed by atoms with Crippen molar-refractivity contribution >= 4 is 12.2 Å². The lowest BCUT2D eigenvalue weighted by Gasteiger charge is -2.22. The maximum absolute atomic E-state index is 12.1. The lowest BCUT2D eigenvalue weighted by molar-refractivity contribution is 0.0872. The quantitative estimate of drug-likeness (QED) is 0.784. The van der Waals surface area contributed by atoms with Crippen LogP contribution in [0.2, 0.25) is 0 Å². The Bertz CT molecular complexity index is 508. The summed E-state index contributed by atoms with van der Waals surface area (Å²) in [6.45, 7) is 2.20. The molecule has 7 nitrogen and oxygen atoms in total. The van der Waals surface area contributed by atoms with Crippen LogP contribution in [0.4, 0.5) is 9.59 Å². The van der Waals surface area contributed by atoms with E-state index in [9.17, 15) is 9.59 Å². The Morgan fingerprint density at radius 3 is 2.74 bits per heavy atom. The number of carbonyl (C=O) groups excluding carboxylic acids is 2. The van der Waals surface area contributed by atoms with E-state index in [2.05, 4.69) is 0 Å². The summed E-state index contributed by atoms with van der Waals surface area (Å²) in [5, 5.41) is 9.09. The van der Waals surface area contributed by atoms with E-state index in [1.165, 1.54) is 4.90 Å². The minimum atomic E-state index is -0.466. The van der Waals surface area contributed by atoms with Gasteiger partial charge in [0.15, 0.2) is 0 Å². The van der Waals surface area contributed by atoms with Gasteiger partial charge in [0.05, 0.1) is 13.2 Å². The van der Waals surface area contributed by atoms with Gasteiger partial charge in [0.2, 0.25) is 0 Å². The van der Waals surface area contributed by atoms with E-state index >= 15 is 0 Å². The predicted molar refractivity (Wildman–Crippen MR) is 82.8 cm³/mol. The van der Waals surface area contributed by atoms with E-state index in [0.29, 0.717) is 32.7 Å². The van der Waals surface area contributed by atoms with Crippen LogP contribution in [0, 0.1) is 0 Å². The number of aliphatic hydroxyl groups excluding tert-OH is 1. The van der Waals surface area contributed by atoms with Gasteiger partial charge in [-0.05, 0) is 12.0 Å². The second kappa shape index (κ2) is 8.99. The average Bonchev–Trinajstić information content (AvgIpc) is 2.98. The van der Waals surface area contributed by atoms with E-state index in [1.54, 1.807) is 4.90 Å². The molecule has 1 fully saturated rings. The number of cyclic esters (lactones) is 1. The fraction of sp³-hybridized carbons (Fsp3) is 0.500. The van der Waals surface area contributed by atoms with Crippen molar-refractivity contribution in [3.05, 3.63) is 35.9 Å². The number of carbonyl (C=O) groups is 2.